The molecule has 1 aliphatic rings. The van der Waals surface area contributed by atoms with Gasteiger partial charge in [-0.1, -0.05) is 41.5 Å². The molecule has 2 aromatic heterocycles. The van der Waals surface area contributed by atoms with Gasteiger partial charge in [-0.05, 0) is 29.6 Å². The molecule has 0 aliphatic carbocycles. The van der Waals surface area contributed by atoms with Gasteiger partial charge in [0.2, 0.25) is 0 Å². The number of imidazole rings is 1. The highest BCUT2D eigenvalue weighted by molar-refractivity contribution is 5.81. The van der Waals surface area contributed by atoms with E-state index in [-0.39, 0.29) is 34.7 Å². The van der Waals surface area contributed by atoms with E-state index < -0.39 is 0 Å². The summed E-state index contributed by atoms with van der Waals surface area (Å²) < 4.78 is 7.98. The van der Waals surface area contributed by atoms with Crippen LogP contribution in [0.25, 0.3) is 11.2 Å². The average Bonchev–Trinajstić information content (AvgIpc) is 2.98. The van der Waals surface area contributed by atoms with Gasteiger partial charge in [0, 0.05) is 0 Å². The molecule has 1 unspecified atom stereocenters. The van der Waals surface area contributed by atoms with Gasteiger partial charge >= 0.3 is 5.69 Å². The Morgan fingerprint density at radius 1 is 1.28 bits per heavy atom. The van der Waals surface area contributed by atoms with Gasteiger partial charge in [-0.3, -0.25) is 0 Å². The van der Waals surface area contributed by atoms with Gasteiger partial charge in [0.05, 0.1) is 6.10 Å². The van der Waals surface area contributed by atoms with Crippen LogP contribution in [0, 0.1) is 16.7 Å². The minimum Gasteiger partial charge on any atom is -0.382 e. The molecule has 0 bridgehead atoms. The summed E-state index contributed by atoms with van der Waals surface area (Å²) >= 11 is 0. The first-order valence-electron chi connectivity index (χ1n) is 8.83. The Kier molecular flexibility index (Phi) is 4.18. The van der Waals surface area contributed by atoms with E-state index in [4.69, 9.17) is 10.5 Å². The number of nitrogens with one attached hydrogen (secondary N) is 1. The monoisotopic (exact) mass is 347 g/mol. The summed E-state index contributed by atoms with van der Waals surface area (Å²) in [5.41, 5.74) is 6.84. The number of H-pyrrole nitrogens is 1. The third-order valence-corrected chi connectivity index (χ3v) is 4.99. The molecule has 138 valence electrons. The lowest BCUT2D eigenvalue weighted by Crippen LogP contribution is -2.31. The van der Waals surface area contributed by atoms with E-state index in [2.05, 4.69) is 56.5 Å². The molecule has 0 spiro atoms. The quantitative estimate of drug-likeness (QED) is 0.870. The lowest BCUT2D eigenvalue weighted by atomic mass is 9.73. The number of fused-ring (bicyclic) bond motifs is 1. The Bertz CT molecular complexity index is 825. The zero-order valence-corrected chi connectivity index (χ0v) is 16.0. The number of nitrogen functional groups attached to an aromatic ring is 1. The number of rotatable bonds is 2. The largest absolute Gasteiger partial charge is 0.382 e. The van der Waals surface area contributed by atoms with Crippen molar-refractivity contribution >= 4 is 17.0 Å². The molecular weight excluding hydrogens is 318 g/mol. The van der Waals surface area contributed by atoms with Crippen LogP contribution in [0.5, 0.6) is 0 Å². The Morgan fingerprint density at radius 3 is 2.56 bits per heavy atom. The Morgan fingerprint density at radius 2 is 1.96 bits per heavy atom. The molecule has 25 heavy (non-hydrogen) atoms. The smallest absolute Gasteiger partial charge is 0.329 e. The van der Waals surface area contributed by atoms with Crippen molar-refractivity contribution in [3.63, 3.8) is 0 Å². The minimum atomic E-state index is -0.341. The fourth-order valence-electron chi connectivity index (χ4n) is 3.82. The molecule has 0 amide bonds. The molecule has 3 heterocycles. The summed E-state index contributed by atoms with van der Waals surface area (Å²) in [5.74, 6) is 0.630. The summed E-state index contributed by atoms with van der Waals surface area (Å²) in [5, 5.41) is 0. The van der Waals surface area contributed by atoms with Crippen molar-refractivity contribution in [2.24, 2.45) is 16.7 Å². The van der Waals surface area contributed by atoms with E-state index in [0.717, 1.165) is 12.8 Å². The number of hydrogen-bond acceptors (Lipinski definition) is 5. The molecule has 0 saturated carbocycles. The molecule has 1 aliphatic heterocycles. The van der Waals surface area contributed by atoms with Gasteiger partial charge in [-0.2, -0.15) is 0 Å². The SMILES string of the molecule is CC(C)(C)C[C@H]1O[C@@H](n2c(=O)[nH]c3c(N)ncnc32)CC1C(C)(C)C. The van der Waals surface area contributed by atoms with Crippen molar-refractivity contribution < 1.29 is 4.74 Å². The predicted molar refractivity (Wildman–Crippen MR) is 98.1 cm³/mol. The van der Waals surface area contributed by atoms with Gasteiger partial charge in [0.1, 0.15) is 18.1 Å². The summed E-state index contributed by atoms with van der Waals surface area (Å²) in [6, 6.07) is 0. The highest BCUT2D eigenvalue weighted by atomic mass is 16.5. The van der Waals surface area contributed by atoms with Gasteiger partial charge in [-0.15, -0.1) is 0 Å². The van der Waals surface area contributed by atoms with Crippen LogP contribution in [-0.2, 0) is 4.74 Å². The zero-order valence-electron chi connectivity index (χ0n) is 16.0. The molecule has 3 rings (SSSR count). The molecular formula is C18H29N5O2. The maximum absolute atomic E-state index is 12.5. The van der Waals surface area contributed by atoms with Crippen molar-refractivity contribution in [2.75, 3.05) is 5.73 Å². The van der Waals surface area contributed by atoms with Gasteiger partial charge < -0.3 is 15.5 Å². The molecule has 1 saturated heterocycles. The van der Waals surface area contributed by atoms with E-state index in [0.29, 0.717) is 17.1 Å². The average molecular weight is 347 g/mol. The van der Waals surface area contributed by atoms with Gasteiger partial charge in [0.15, 0.2) is 11.5 Å². The van der Waals surface area contributed by atoms with Crippen LogP contribution >= 0.6 is 0 Å². The standard InChI is InChI=1S/C18H29N5O2/c1-17(2,3)8-11-10(18(4,5)6)7-12(25-11)23-15-13(22-16(23)24)14(19)20-9-21-15/h9-12H,7-8H2,1-6H3,(H,22,24)(H2,19,20,21)/t10?,11-,12-/m1/s1. The molecule has 3 atom stereocenters. The fourth-order valence-corrected chi connectivity index (χ4v) is 3.82. The van der Waals surface area contributed by atoms with Crippen LogP contribution in [0.2, 0.25) is 0 Å². The summed E-state index contributed by atoms with van der Waals surface area (Å²) in [7, 11) is 0. The topological polar surface area (TPSA) is 98.8 Å². The molecule has 0 aromatic carbocycles. The fraction of sp³-hybridized carbons (Fsp3) is 0.722. The number of nitrogens with two attached hydrogens (primary N) is 1. The third kappa shape index (κ3) is 3.42. The Balaban J connectivity index is 2.01. The van der Waals surface area contributed by atoms with Crippen molar-refractivity contribution in [3.05, 3.63) is 16.8 Å². The number of aromatic amines is 1. The second-order valence-corrected chi connectivity index (χ2v) is 9.36. The molecule has 0 radical (unpaired) electrons. The van der Waals surface area contributed by atoms with Crippen LogP contribution in [0.3, 0.4) is 0 Å². The van der Waals surface area contributed by atoms with E-state index in [1.807, 2.05) is 0 Å². The number of hydrogen-bond donors (Lipinski definition) is 2. The molecule has 2 aromatic rings. The predicted octanol–water partition coefficient (Wildman–Crippen LogP) is 3.09. The van der Waals surface area contributed by atoms with Crippen molar-refractivity contribution in [2.45, 2.75) is 66.7 Å². The maximum Gasteiger partial charge on any atom is 0.329 e. The number of anilines is 1. The van der Waals surface area contributed by atoms with E-state index in [9.17, 15) is 4.79 Å². The molecule has 7 nitrogen and oxygen atoms in total. The van der Waals surface area contributed by atoms with Crippen molar-refractivity contribution in [3.8, 4) is 0 Å². The highest BCUT2D eigenvalue weighted by Crippen LogP contribution is 2.47. The van der Waals surface area contributed by atoms with E-state index >= 15 is 0 Å². The second kappa shape index (κ2) is 5.83. The van der Waals surface area contributed by atoms with E-state index in [1.165, 1.54) is 6.33 Å². The van der Waals surface area contributed by atoms with Crippen LogP contribution in [0.4, 0.5) is 5.82 Å². The normalized spacial score (nSPS) is 25.0. The number of ether oxygens (including phenoxy) is 1. The Hall–Kier alpha value is -1.89. The summed E-state index contributed by atoms with van der Waals surface area (Å²) in [6.45, 7) is 13.4. The van der Waals surface area contributed by atoms with Crippen LogP contribution in [0.15, 0.2) is 11.1 Å². The first-order valence-corrected chi connectivity index (χ1v) is 8.83. The van der Waals surface area contributed by atoms with Crippen molar-refractivity contribution in [1.82, 2.24) is 19.5 Å². The summed E-state index contributed by atoms with van der Waals surface area (Å²) in [6.07, 6.45) is 2.86. The minimum absolute atomic E-state index is 0.0917. The highest BCUT2D eigenvalue weighted by Gasteiger charge is 2.44. The molecule has 1 fully saturated rings. The second-order valence-electron chi connectivity index (χ2n) is 9.36. The van der Waals surface area contributed by atoms with Crippen LogP contribution in [-0.4, -0.2) is 25.6 Å². The number of nitrogens with zero attached hydrogens (tertiary/aromatic N) is 3. The van der Waals surface area contributed by atoms with Crippen LogP contribution < -0.4 is 11.4 Å². The third-order valence-electron chi connectivity index (χ3n) is 4.99. The maximum atomic E-state index is 12.5. The van der Waals surface area contributed by atoms with Crippen LogP contribution in [0.1, 0.15) is 60.6 Å². The lowest BCUT2D eigenvalue weighted by molar-refractivity contribution is -0.0320. The zero-order chi connectivity index (χ0) is 18.6. The molecule has 3 N–H and O–H groups in total. The Labute approximate surface area is 148 Å². The lowest BCUT2D eigenvalue weighted by Gasteiger charge is -2.33. The first-order chi connectivity index (χ1) is 11.5. The van der Waals surface area contributed by atoms with Crippen molar-refractivity contribution in [1.29, 1.82) is 0 Å². The van der Waals surface area contributed by atoms with E-state index in [1.54, 1.807) is 4.57 Å². The summed E-state index contributed by atoms with van der Waals surface area (Å²) in [4.78, 5) is 23.5. The number of aromatic nitrogens is 4. The first kappa shape index (κ1) is 17.9. The van der Waals surface area contributed by atoms with Gasteiger partial charge in [0.25, 0.3) is 0 Å². The molecule has 7 heteroatoms. The van der Waals surface area contributed by atoms with Gasteiger partial charge in [-0.25, -0.2) is 19.3 Å².